The normalized spacial score (nSPS) is 11.6. The summed E-state index contributed by atoms with van der Waals surface area (Å²) in [6.07, 6.45) is -3.30. The Morgan fingerprint density at radius 1 is 1.40 bits per heavy atom. The number of H-pyrrole nitrogens is 1. The van der Waals surface area contributed by atoms with Crippen LogP contribution in [0.3, 0.4) is 0 Å². The molecule has 76 valence electrons. The van der Waals surface area contributed by atoms with Crippen molar-refractivity contribution in [3.63, 3.8) is 0 Å². The van der Waals surface area contributed by atoms with Crippen LogP contribution in [0.2, 0.25) is 0 Å². The number of aromatic nitrogens is 3. The first-order chi connectivity index (χ1) is 7.02. The number of nitrogens with zero attached hydrogens (tertiary/aromatic N) is 3. The Kier molecular flexibility index (Phi) is 1.86. The number of rotatable bonds is 0. The van der Waals surface area contributed by atoms with Gasteiger partial charge in [-0.05, 0) is 6.07 Å². The molecule has 0 saturated carbocycles. The number of nitrogens with one attached hydrogen (secondary N) is 1. The Hall–Kier alpha value is -2.10. The molecule has 0 amide bonds. The Labute approximate surface area is 81.4 Å². The number of hydrogen-bond acceptors (Lipinski definition) is 3. The summed E-state index contributed by atoms with van der Waals surface area (Å²) in [7, 11) is 0. The van der Waals surface area contributed by atoms with Gasteiger partial charge in [-0.15, -0.1) is 0 Å². The Morgan fingerprint density at radius 2 is 2.13 bits per heavy atom. The number of fused-ring (bicyclic) bond motifs is 1. The molecule has 0 radical (unpaired) electrons. The van der Waals surface area contributed by atoms with Crippen LogP contribution in [0, 0.1) is 11.3 Å². The standard InChI is InChI=1S/C8H3F3N4/c9-8(10,11)7-14-4-1-2-13-5(3-12)6(4)15-7/h1-2H,(H,14,15). The zero-order chi connectivity index (χ0) is 11.1. The van der Waals surface area contributed by atoms with Gasteiger partial charge < -0.3 is 4.98 Å². The second-order valence-corrected chi connectivity index (χ2v) is 2.75. The third-order valence-corrected chi connectivity index (χ3v) is 1.78. The van der Waals surface area contributed by atoms with E-state index in [1.54, 1.807) is 6.07 Å². The lowest BCUT2D eigenvalue weighted by atomic mass is 10.3. The second-order valence-electron chi connectivity index (χ2n) is 2.75. The van der Waals surface area contributed by atoms with E-state index < -0.39 is 12.0 Å². The van der Waals surface area contributed by atoms with Crippen LogP contribution in [0.4, 0.5) is 13.2 Å². The lowest BCUT2D eigenvalue weighted by Crippen LogP contribution is -2.06. The Morgan fingerprint density at radius 3 is 2.73 bits per heavy atom. The van der Waals surface area contributed by atoms with Gasteiger partial charge >= 0.3 is 6.18 Å². The molecule has 2 aromatic rings. The van der Waals surface area contributed by atoms with Crippen molar-refractivity contribution in [3.8, 4) is 6.07 Å². The highest BCUT2D eigenvalue weighted by Gasteiger charge is 2.35. The number of imidazole rings is 1. The van der Waals surface area contributed by atoms with Crippen LogP contribution in [0.5, 0.6) is 0 Å². The predicted molar refractivity (Wildman–Crippen MR) is 43.6 cm³/mol. The quantitative estimate of drug-likeness (QED) is 0.724. The van der Waals surface area contributed by atoms with Crippen molar-refractivity contribution in [2.75, 3.05) is 0 Å². The minimum Gasteiger partial charge on any atom is -0.334 e. The largest absolute Gasteiger partial charge is 0.449 e. The van der Waals surface area contributed by atoms with Crippen LogP contribution < -0.4 is 0 Å². The summed E-state index contributed by atoms with van der Waals surface area (Å²) in [4.78, 5) is 8.98. The van der Waals surface area contributed by atoms with Gasteiger partial charge in [-0.3, -0.25) is 0 Å². The molecule has 2 heterocycles. The summed E-state index contributed by atoms with van der Waals surface area (Å²) in [5.74, 6) is -1.12. The van der Waals surface area contributed by atoms with Crippen LogP contribution in [-0.2, 0) is 6.18 Å². The average Bonchev–Trinajstić information content (AvgIpc) is 2.59. The summed E-state index contributed by atoms with van der Waals surface area (Å²) >= 11 is 0. The third-order valence-electron chi connectivity index (χ3n) is 1.78. The summed E-state index contributed by atoms with van der Waals surface area (Å²) in [6.45, 7) is 0. The molecule has 0 aliphatic heterocycles. The highest BCUT2D eigenvalue weighted by atomic mass is 19.4. The molecular weight excluding hydrogens is 209 g/mol. The van der Waals surface area contributed by atoms with Crippen molar-refractivity contribution in [2.24, 2.45) is 0 Å². The molecule has 0 spiro atoms. The lowest BCUT2D eigenvalue weighted by Gasteiger charge is -1.98. The number of nitriles is 1. The molecule has 0 saturated heterocycles. The fraction of sp³-hybridized carbons (Fsp3) is 0.125. The van der Waals surface area contributed by atoms with E-state index >= 15 is 0 Å². The highest BCUT2D eigenvalue weighted by molar-refractivity contribution is 5.79. The smallest absolute Gasteiger partial charge is 0.334 e. The Balaban J connectivity index is 2.72. The van der Waals surface area contributed by atoms with Gasteiger partial charge in [0, 0.05) is 6.20 Å². The number of alkyl halides is 3. The predicted octanol–water partition coefficient (Wildman–Crippen LogP) is 1.85. The van der Waals surface area contributed by atoms with Gasteiger partial charge in [-0.2, -0.15) is 18.4 Å². The SMILES string of the molecule is N#Cc1nccc2[nH]c(C(F)(F)F)nc12. The summed E-state index contributed by atoms with van der Waals surface area (Å²) in [5, 5.41) is 8.60. The van der Waals surface area contributed by atoms with E-state index in [-0.39, 0.29) is 16.7 Å². The number of aromatic amines is 1. The van der Waals surface area contributed by atoms with Crippen molar-refractivity contribution < 1.29 is 13.2 Å². The summed E-state index contributed by atoms with van der Waals surface area (Å²) in [6, 6.07) is 3.01. The number of halogens is 3. The summed E-state index contributed by atoms with van der Waals surface area (Å²) < 4.78 is 36.8. The van der Waals surface area contributed by atoms with Gasteiger partial charge in [0.15, 0.2) is 5.69 Å². The fourth-order valence-corrected chi connectivity index (χ4v) is 1.15. The second kappa shape index (κ2) is 2.95. The van der Waals surface area contributed by atoms with Crippen LogP contribution in [0.25, 0.3) is 11.0 Å². The maximum Gasteiger partial charge on any atom is 0.449 e. The fourth-order valence-electron chi connectivity index (χ4n) is 1.15. The van der Waals surface area contributed by atoms with Crippen molar-refractivity contribution in [2.45, 2.75) is 6.18 Å². The van der Waals surface area contributed by atoms with E-state index in [1.807, 2.05) is 0 Å². The molecule has 0 aliphatic rings. The van der Waals surface area contributed by atoms with E-state index in [9.17, 15) is 13.2 Å². The highest BCUT2D eigenvalue weighted by Crippen LogP contribution is 2.28. The first-order valence-corrected chi connectivity index (χ1v) is 3.84. The minimum atomic E-state index is -4.55. The molecule has 0 unspecified atom stereocenters. The van der Waals surface area contributed by atoms with Crippen LogP contribution in [0.1, 0.15) is 11.5 Å². The zero-order valence-electron chi connectivity index (χ0n) is 7.13. The molecule has 0 aliphatic carbocycles. The maximum atomic E-state index is 12.3. The van der Waals surface area contributed by atoms with Gasteiger partial charge in [-0.25, -0.2) is 9.97 Å². The number of pyridine rings is 1. The molecule has 4 nitrogen and oxygen atoms in total. The van der Waals surface area contributed by atoms with E-state index in [1.165, 1.54) is 12.3 Å². The topological polar surface area (TPSA) is 65.4 Å². The molecule has 15 heavy (non-hydrogen) atoms. The van der Waals surface area contributed by atoms with E-state index in [4.69, 9.17) is 5.26 Å². The third kappa shape index (κ3) is 1.50. The van der Waals surface area contributed by atoms with Gasteiger partial charge in [0.05, 0.1) is 5.52 Å². The maximum absolute atomic E-state index is 12.3. The van der Waals surface area contributed by atoms with Crippen molar-refractivity contribution >= 4 is 11.0 Å². The molecule has 2 rings (SSSR count). The molecule has 0 bridgehead atoms. The monoisotopic (exact) mass is 212 g/mol. The van der Waals surface area contributed by atoms with Gasteiger partial charge in [0.2, 0.25) is 5.82 Å². The van der Waals surface area contributed by atoms with Gasteiger partial charge in [0.25, 0.3) is 0 Å². The average molecular weight is 212 g/mol. The molecular formula is C8H3F3N4. The zero-order valence-corrected chi connectivity index (χ0v) is 7.13. The molecule has 1 N–H and O–H groups in total. The first kappa shape index (κ1) is 9.45. The van der Waals surface area contributed by atoms with Crippen molar-refractivity contribution in [3.05, 3.63) is 23.8 Å². The first-order valence-electron chi connectivity index (χ1n) is 3.84. The Bertz CT molecular complexity index is 549. The lowest BCUT2D eigenvalue weighted by molar-refractivity contribution is -0.144. The molecule has 7 heteroatoms. The van der Waals surface area contributed by atoms with E-state index in [0.29, 0.717) is 0 Å². The van der Waals surface area contributed by atoms with Crippen molar-refractivity contribution in [1.82, 2.24) is 15.0 Å². The molecule has 0 aromatic carbocycles. The van der Waals surface area contributed by atoms with E-state index in [2.05, 4.69) is 15.0 Å². The molecule has 0 fully saturated rings. The molecule has 2 aromatic heterocycles. The van der Waals surface area contributed by atoms with Gasteiger partial charge in [-0.1, -0.05) is 0 Å². The summed E-state index contributed by atoms with van der Waals surface area (Å²) in [5.41, 5.74) is -0.0412. The van der Waals surface area contributed by atoms with Crippen LogP contribution in [-0.4, -0.2) is 15.0 Å². The number of hydrogen-bond donors (Lipinski definition) is 1. The van der Waals surface area contributed by atoms with Gasteiger partial charge in [0.1, 0.15) is 11.6 Å². The van der Waals surface area contributed by atoms with Crippen LogP contribution >= 0.6 is 0 Å². The molecule has 0 atom stereocenters. The van der Waals surface area contributed by atoms with E-state index in [0.717, 1.165) is 0 Å². The van der Waals surface area contributed by atoms with Crippen molar-refractivity contribution in [1.29, 1.82) is 5.26 Å². The minimum absolute atomic E-state index is 0.0627. The van der Waals surface area contributed by atoms with Crippen LogP contribution in [0.15, 0.2) is 12.3 Å².